The molecule has 0 unspecified atom stereocenters. The molecule has 2 N–H and O–H groups in total. The van der Waals surface area contributed by atoms with Crippen LogP contribution >= 0.6 is 23.2 Å². The van der Waals surface area contributed by atoms with Crippen molar-refractivity contribution in [1.29, 1.82) is 0 Å². The summed E-state index contributed by atoms with van der Waals surface area (Å²) in [7, 11) is 0. The molecule has 0 atom stereocenters. The van der Waals surface area contributed by atoms with Crippen molar-refractivity contribution in [2.75, 3.05) is 5.32 Å². The van der Waals surface area contributed by atoms with Gasteiger partial charge >= 0.3 is 5.97 Å². The summed E-state index contributed by atoms with van der Waals surface area (Å²) in [6.07, 6.45) is 3.21. The molecule has 0 spiro atoms. The van der Waals surface area contributed by atoms with Gasteiger partial charge in [0.05, 0.1) is 22.2 Å². The van der Waals surface area contributed by atoms with Gasteiger partial charge < -0.3 is 10.4 Å². The molecule has 21 heavy (non-hydrogen) atoms. The lowest BCUT2D eigenvalue weighted by Crippen LogP contribution is -2.17. The molecule has 108 valence electrons. The highest BCUT2D eigenvalue weighted by Crippen LogP contribution is 2.32. The van der Waals surface area contributed by atoms with Crippen molar-refractivity contribution >= 4 is 40.8 Å². The quantitative estimate of drug-likeness (QED) is 0.904. The van der Waals surface area contributed by atoms with Gasteiger partial charge in [-0.1, -0.05) is 23.2 Å². The number of carbonyl (C=O) groups is 2. The number of nitrogens with zero attached hydrogens (tertiary/aromatic N) is 1. The molecule has 1 amide bonds. The van der Waals surface area contributed by atoms with E-state index in [1.54, 1.807) is 24.5 Å². The number of carbonyl (C=O) groups excluding carboxylic acids is 1. The fraction of sp³-hybridized carbons (Fsp3) is 0.0714. The Labute approximate surface area is 130 Å². The first-order valence-electron chi connectivity index (χ1n) is 5.89. The van der Waals surface area contributed by atoms with Crippen molar-refractivity contribution in [1.82, 2.24) is 4.98 Å². The SMILES string of the molecule is O=C(Cc1ccncc1)Nc1c(Cl)ccc(Cl)c1C(=O)O. The molecule has 0 aliphatic rings. The van der Waals surface area contributed by atoms with E-state index in [4.69, 9.17) is 23.2 Å². The second-order valence-corrected chi connectivity index (χ2v) is 4.98. The Morgan fingerprint density at radius 3 is 2.33 bits per heavy atom. The maximum atomic E-state index is 12.0. The van der Waals surface area contributed by atoms with E-state index in [-0.39, 0.29) is 27.7 Å². The van der Waals surface area contributed by atoms with Gasteiger partial charge in [-0.05, 0) is 29.8 Å². The van der Waals surface area contributed by atoms with Crippen molar-refractivity contribution in [3.63, 3.8) is 0 Å². The average molecular weight is 325 g/mol. The van der Waals surface area contributed by atoms with E-state index in [0.29, 0.717) is 0 Å². The molecule has 5 nitrogen and oxygen atoms in total. The Kier molecular flexibility index (Phi) is 4.77. The topological polar surface area (TPSA) is 79.3 Å². The molecular formula is C14H10Cl2N2O3. The minimum absolute atomic E-state index is 0.00396. The number of anilines is 1. The minimum atomic E-state index is -1.26. The molecule has 0 bridgehead atoms. The number of nitrogens with one attached hydrogen (secondary N) is 1. The number of aromatic nitrogens is 1. The fourth-order valence-electron chi connectivity index (χ4n) is 1.75. The molecule has 0 aliphatic carbocycles. The van der Waals surface area contributed by atoms with Gasteiger partial charge in [-0.25, -0.2) is 4.79 Å². The summed E-state index contributed by atoms with van der Waals surface area (Å²) in [6.45, 7) is 0. The third kappa shape index (κ3) is 3.71. The summed E-state index contributed by atoms with van der Waals surface area (Å²) in [5, 5.41) is 11.8. The first kappa shape index (κ1) is 15.3. The first-order chi connectivity index (χ1) is 9.99. The number of carboxylic acid groups (broad SMARTS) is 1. The van der Waals surface area contributed by atoms with Crippen LogP contribution in [0.1, 0.15) is 15.9 Å². The smallest absolute Gasteiger partial charge is 0.339 e. The summed E-state index contributed by atoms with van der Waals surface area (Å²) in [4.78, 5) is 27.1. The van der Waals surface area contributed by atoms with Gasteiger partial charge in [0.15, 0.2) is 0 Å². The van der Waals surface area contributed by atoms with E-state index >= 15 is 0 Å². The maximum absolute atomic E-state index is 12.0. The third-order valence-electron chi connectivity index (χ3n) is 2.70. The summed E-state index contributed by atoms with van der Waals surface area (Å²) in [6, 6.07) is 6.18. The molecular weight excluding hydrogens is 315 g/mol. The average Bonchev–Trinajstić information content (AvgIpc) is 2.43. The van der Waals surface area contributed by atoms with E-state index in [1.807, 2.05) is 0 Å². The van der Waals surface area contributed by atoms with Gasteiger partial charge in [0, 0.05) is 12.4 Å². The number of hydrogen-bond acceptors (Lipinski definition) is 3. The molecule has 1 heterocycles. The van der Waals surface area contributed by atoms with Gasteiger partial charge in [0.1, 0.15) is 5.56 Å². The third-order valence-corrected chi connectivity index (χ3v) is 3.33. The normalized spacial score (nSPS) is 10.2. The maximum Gasteiger partial charge on any atom is 0.339 e. The van der Waals surface area contributed by atoms with Crippen LogP contribution in [0.4, 0.5) is 5.69 Å². The van der Waals surface area contributed by atoms with Crippen molar-refractivity contribution < 1.29 is 14.7 Å². The van der Waals surface area contributed by atoms with E-state index in [0.717, 1.165) is 5.56 Å². The van der Waals surface area contributed by atoms with Crippen LogP contribution in [0.2, 0.25) is 10.0 Å². The van der Waals surface area contributed by atoms with Crippen molar-refractivity contribution in [2.45, 2.75) is 6.42 Å². The summed E-state index contributed by atoms with van der Waals surface area (Å²) in [5.41, 5.74) is 0.514. The van der Waals surface area contributed by atoms with Gasteiger partial charge in [-0.3, -0.25) is 9.78 Å². The van der Waals surface area contributed by atoms with Crippen LogP contribution in [0.25, 0.3) is 0 Å². The first-order valence-corrected chi connectivity index (χ1v) is 6.64. The highest BCUT2D eigenvalue weighted by Gasteiger charge is 2.19. The number of hydrogen-bond donors (Lipinski definition) is 2. The summed E-state index contributed by atoms with van der Waals surface area (Å²) in [5.74, 6) is -1.66. The number of benzene rings is 1. The van der Waals surface area contributed by atoms with E-state index < -0.39 is 11.9 Å². The van der Waals surface area contributed by atoms with Gasteiger partial charge in [0.25, 0.3) is 0 Å². The Balaban J connectivity index is 2.25. The molecule has 0 radical (unpaired) electrons. The Hall–Kier alpha value is -2.11. The standard InChI is InChI=1S/C14H10Cl2N2O3/c15-9-1-2-10(16)13(12(9)14(20)21)18-11(19)7-8-3-5-17-6-4-8/h1-6H,7H2,(H,18,19)(H,20,21). The number of amides is 1. The van der Waals surface area contributed by atoms with Gasteiger partial charge in [-0.15, -0.1) is 0 Å². The number of pyridine rings is 1. The molecule has 0 saturated heterocycles. The lowest BCUT2D eigenvalue weighted by Gasteiger charge is -2.11. The zero-order valence-electron chi connectivity index (χ0n) is 10.6. The van der Waals surface area contributed by atoms with E-state index in [2.05, 4.69) is 10.3 Å². The molecule has 0 saturated carbocycles. The molecule has 0 aliphatic heterocycles. The van der Waals surface area contributed by atoms with Crippen LogP contribution in [0.3, 0.4) is 0 Å². The second kappa shape index (κ2) is 6.56. The number of aromatic carboxylic acids is 1. The predicted molar refractivity (Wildman–Crippen MR) is 80.0 cm³/mol. The van der Waals surface area contributed by atoms with Crippen LogP contribution in [0.5, 0.6) is 0 Å². The molecule has 2 aromatic rings. The molecule has 0 fully saturated rings. The fourth-order valence-corrected chi connectivity index (χ4v) is 2.20. The lowest BCUT2D eigenvalue weighted by atomic mass is 10.1. The van der Waals surface area contributed by atoms with Gasteiger partial charge in [-0.2, -0.15) is 0 Å². The van der Waals surface area contributed by atoms with Crippen LogP contribution in [-0.4, -0.2) is 22.0 Å². The highest BCUT2D eigenvalue weighted by molar-refractivity contribution is 6.38. The molecule has 7 heteroatoms. The van der Waals surface area contributed by atoms with E-state index in [9.17, 15) is 14.7 Å². The molecule has 1 aromatic carbocycles. The molecule has 1 aromatic heterocycles. The van der Waals surface area contributed by atoms with Crippen molar-refractivity contribution in [3.8, 4) is 0 Å². The van der Waals surface area contributed by atoms with Crippen LogP contribution < -0.4 is 5.32 Å². The Bertz CT molecular complexity index is 690. The second-order valence-electron chi connectivity index (χ2n) is 4.16. The number of halogens is 2. The summed E-state index contributed by atoms with van der Waals surface area (Å²) >= 11 is 11.8. The van der Waals surface area contributed by atoms with Crippen molar-refractivity contribution in [2.24, 2.45) is 0 Å². The van der Waals surface area contributed by atoms with Gasteiger partial charge in [0.2, 0.25) is 5.91 Å². The zero-order valence-corrected chi connectivity index (χ0v) is 12.1. The van der Waals surface area contributed by atoms with Crippen LogP contribution in [-0.2, 0) is 11.2 Å². The predicted octanol–water partition coefficient (Wildman–Crippen LogP) is 3.27. The largest absolute Gasteiger partial charge is 0.478 e. The number of rotatable bonds is 4. The van der Waals surface area contributed by atoms with Crippen molar-refractivity contribution in [3.05, 3.63) is 57.8 Å². The zero-order chi connectivity index (χ0) is 15.4. The van der Waals surface area contributed by atoms with Crippen LogP contribution in [0, 0.1) is 0 Å². The van der Waals surface area contributed by atoms with E-state index in [1.165, 1.54) is 12.1 Å². The highest BCUT2D eigenvalue weighted by atomic mass is 35.5. The monoisotopic (exact) mass is 324 g/mol. The lowest BCUT2D eigenvalue weighted by molar-refractivity contribution is -0.115. The minimum Gasteiger partial charge on any atom is -0.478 e. The summed E-state index contributed by atoms with van der Waals surface area (Å²) < 4.78 is 0. The van der Waals surface area contributed by atoms with Crippen LogP contribution in [0.15, 0.2) is 36.7 Å². The Morgan fingerprint density at radius 1 is 1.10 bits per heavy atom. The Morgan fingerprint density at radius 2 is 1.71 bits per heavy atom. The number of carboxylic acids is 1. The molecule has 2 rings (SSSR count).